The van der Waals surface area contributed by atoms with Gasteiger partial charge in [-0.05, 0) is 29.8 Å². The third-order valence-electron chi connectivity index (χ3n) is 2.83. The highest BCUT2D eigenvalue weighted by Crippen LogP contribution is 2.33. The zero-order valence-corrected chi connectivity index (χ0v) is 12.1. The van der Waals surface area contributed by atoms with Gasteiger partial charge in [-0.15, -0.1) is 11.3 Å². The number of carbonyl (C=O) groups excluding carboxylic acids is 1. The third kappa shape index (κ3) is 3.98. The Labute approximate surface area is 132 Å². The molecule has 0 aliphatic carbocycles. The minimum absolute atomic E-state index is 0.160. The fourth-order valence-electron chi connectivity index (χ4n) is 1.71. The van der Waals surface area contributed by atoms with E-state index in [-0.39, 0.29) is 4.88 Å². The second-order valence-corrected chi connectivity index (χ2v) is 5.52. The molecule has 0 saturated carbocycles. The summed E-state index contributed by atoms with van der Waals surface area (Å²) in [7, 11) is 0. The van der Waals surface area contributed by atoms with Gasteiger partial charge in [0.1, 0.15) is 0 Å². The van der Waals surface area contributed by atoms with Crippen molar-refractivity contribution in [3.8, 4) is 10.4 Å². The van der Waals surface area contributed by atoms with Crippen LogP contribution in [0.2, 0.25) is 0 Å². The Morgan fingerprint density at radius 2 is 1.61 bits per heavy atom. The van der Waals surface area contributed by atoms with Crippen molar-refractivity contribution in [2.45, 2.75) is 6.18 Å². The molecule has 120 valence electrons. The van der Waals surface area contributed by atoms with Crippen LogP contribution in [0, 0.1) is 0 Å². The van der Waals surface area contributed by atoms with Crippen LogP contribution in [0.3, 0.4) is 0 Å². The number of hydrogen-bond donors (Lipinski definition) is 2. The summed E-state index contributed by atoms with van der Waals surface area (Å²) in [6.07, 6.45) is -3.85. The Bertz CT molecular complexity index is 773. The first-order valence-corrected chi connectivity index (χ1v) is 6.96. The molecule has 0 aliphatic rings. The number of rotatable bonds is 4. The van der Waals surface area contributed by atoms with E-state index in [0.29, 0.717) is 16.5 Å². The number of aliphatic hydroxyl groups is 1. The predicted molar refractivity (Wildman–Crippen MR) is 77.4 cm³/mol. The minimum atomic E-state index is -4.42. The van der Waals surface area contributed by atoms with Crippen LogP contribution in [0.25, 0.3) is 10.4 Å². The van der Waals surface area contributed by atoms with Crippen molar-refractivity contribution < 1.29 is 33.0 Å². The van der Waals surface area contributed by atoms with Gasteiger partial charge in [-0.1, -0.05) is 12.1 Å². The summed E-state index contributed by atoms with van der Waals surface area (Å²) in [5.74, 6) is -3.41. The lowest BCUT2D eigenvalue weighted by molar-refractivity contribution is -0.137. The lowest BCUT2D eigenvalue weighted by Crippen LogP contribution is -2.03. The Balaban J connectivity index is 2.24. The summed E-state index contributed by atoms with van der Waals surface area (Å²) >= 11 is 0.982. The number of halogens is 3. The minimum Gasteiger partial charge on any atom is -0.502 e. The van der Waals surface area contributed by atoms with Crippen LogP contribution in [-0.2, 0) is 11.0 Å². The zero-order valence-electron chi connectivity index (χ0n) is 11.3. The Kier molecular flexibility index (Phi) is 4.55. The van der Waals surface area contributed by atoms with Crippen molar-refractivity contribution in [1.82, 2.24) is 0 Å². The van der Waals surface area contributed by atoms with Crippen molar-refractivity contribution in [2.24, 2.45) is 0 Å². The van der Waals surface area contributed by atoms with Gasteiger partial charge in [0.25, 0.3) is 0 Å². The van der Waals surface area contributed by atoms with E-state index in [4.69, 9.17) is 10.2 Å². The number of hydrogen-bond acceptors (Lipinski definition) is 4. The molecular weight excluding hydrogens is 333 g/mol. The van der Waals surface area contributed by atoms with Crippen LogP contribution < -0.4 is 0 Å². The molecule has 0 unspecified atom stereocenters. The van der Waals surface area contributed by atoms with Gasteiger partial charge >= 0.3 is 12.1 Å². The second-order valence-electron chi connectivity index (χ2n) is 4.44. The average Bonchev–Trinajstić information content (AvgIpc) is 2.96. The fourth-order valence-corrected chi connectivity index (χ4v) is 2.63. The number of allylic oxidation sites excluding steroid dienone is 1. The Hall–Kier alpha value is -2.61. The first-order chi connectivity index (χ1) is 10.7. The van der Waals surface area contributed by atoms with E-state index in [1.807, 2.05) is 0 Å². The molecular formula is C15H9F3O4S. The molecule has 0 bridgehead atoms. The van der Waals surface area contributed by atoms with E-state index in [9.17, 15) is 22.8 Å². The largest absolute Gasteiger partial charge is 0.502 e. The van der Waals surface area contributed by atoms with Crippen LogP contribution in [0.4, 0.5) is 13.2 Å². The number of carbonyl (C=O) groups is 2. The zero-order chi connectivity index (χ0) is 17.2. The Morgan fingerprint density at radius 3 is 2.13 bits per heavy atom. The topological polar surface area (TPSA) is 74.6 Å². The van der Waals surface area contributed by atoms with E-state index in [1.165, 1.54) is 24.3 Å². The summed E-state index contributed by atoms with van der Waals surface area (Å²) < 4.78 is 37.5. The molecule has 0 fully saturated rings. The van der Waals surface area contributed by atoms with Gasteiger partial charge in [-0.2, -0.15) is 13.2 Å². The molecule has 2 aromatic rings. The molecule has 1 heterocycles. The van der Waals surface area contributed by atoms with E-state index >= 15 is 0 Å². The van der Waals surface area contributed by atoms with Crippen LogP contribution >= 0.6 is 11.3 Å². The summed E-state index contributed by atoms with van der Waals surface area (Å²) in [6.45, 7) is 0. The van der Waals surface area contributed by atoms with Crippen molar-refractivity contribution in [3.63, 3.8) is 0 Å². The van der Waals surface area contributed by atoms with Crippen molar-refractivity contribution >= 4 is 23.1 Å². The summed E-state index contributed by atoms with van der Waals surface area (Å²) in [4.78, 5) is 22.9. The lowest BCUT2D eigenvalue weighted by atomic mass is 10.1. The number of ketones is 1. The molecule has 0 saturated heterocycles. The molecule has 1 aromatic heterocycles. The van der Waals surface area contributed by atoms with Crippen LogP contribution in [0.15, 0.2) is 48.2 Å². The molecule has 8 heteroatoms. The highest BCUT2D eigenvalue weighted by Gasteiger charge is 2.30. The molecule has 0 radical (unpaired) electrons. The lowest BCUT2D eigenvalue weighted by Gasteiger charge is -2.06. The van der Waals surface area contributed by atoms with Crippen molar-refractivity contribution in [2.75, 3.05) is 0 Å². The highest BCUT2D eigenvalue weighted by molar-refractivity contribution is 7.17. The molecule has 1 aromatic carbocycles. The normalized spacial score (nSPS) is 12.2. The maximum atomic E-state index is 12.5. The molecule has 4 nitrogen and oxygen atoms in total. The maximum absolute atomic E-state index is 12.5. The van der Waals surface area contributed by atoms with Gasteiger partial charge in [-0.3, -0.25) is 4.79 Å². The molecule has 0 atom stereocenters. The van der Waals surface area contributed by atoms with Crippen LogP contribution in [-0.4, -0.2) is 22.0 Å². The number of aliphatic hydroxyl groups excluding tert-OH is 1. The SMILES string of the molecule is O=C(O)/C(O)=C\C(=O)c1ccc(-c2ccc(C(F)(F)F)cc2)s1. The molecule has 0 aliphatic heterocycles. The number of carboxylic acids is 1. The maximum Gasteiger partial charge on any atom is 0.416 e. The standard InChI is InChI=1S/C15H9F3O4S/c16-15(17,18)9-3-1-8(2-4-9)12-5-6-13(23-12)10(19)7-11(20)14(21)22/h1-7,20H,(H,21,22)/b11-7+. The van der Waals surface area contributed by atoms with E-state index in [1.54, 1.807) is 0 Å². The monoisotopic (exact) mass is 342 g/mol. The van der Waals surface area contributed by atoms with Gasteiger partial charge < -0.3 is 10.2 Å². The molecule has 23 heavy (non-hydrogen) atoms. The average molecular weight is 342 g/mol. The van der Waals surface area contributed by atoms with Gasteiger partial charge in [-0.25, -0.2) is 4.79 Å². The summed E-state index contributed by atoms with van der Waals surface area (Å²) in [6, 6.07) is 7.39. The van der Waals surface area contributed by atoms with Crippen molar-refractivity contribution in [3.05, 3.63) is 58.7 Å². The van der Waals surface area contributed by atoms with Crippen molar-refractivity contribution in [1.29, 1.82) is 0 Å². The van der Waals surface area contributed by atoms with Crippen LogP contribution in [0.1, 0.15) is 15.2 Å². The van der Waals surface area contributed by atoms with Gasteiger partial charge in [0.15, 0.2) is 5.78 Å². The summed E-state index contributed by atoms with van der Waals surface area (Å²) in [5.41, 5.74) is -0.281. The molecule has 2 N–H and O–H groups in total. The van der Waals surface area contributed by atoms with E-state index in [0.717, 1.165) is 23.5 Å². The first kappa shape index (κ1) is 16.8. The quantitative estimate of drug-likeness (QED) is 0.497. The highest BCUT2D eigenvalue weighted by atomic mass is 32.1. The van der Waals surface area contributed by atoms with Gasteiger partial charge in [0, 0.05) is 11.0 Å². The molecule has 2 rings (SSSR count). The van der Waals surface area contributed by atoms with E-state index < -0.39 is 29.3 Å². The Morgan fingerprint density at radius 1 is 1.00 bits per heavy atom. The smallest absolute Gasteiger partial charge is 0.416 e. The number of aliphatic carboxylic acids is 1. The number of thiophene rings is 1. The predicted octanol–water partition coefficient (Wildman–Crippen LogP) is 4.14. The van der Waals surface area contributed by atoms with Gasteiger partial charge in [0.05, 0.1) is 10.4 Å². The number of benzene rings is 1. The second kappa shape index (κ2) is 6.25. The van der Waals surface area contributed by atoms with E-state index in [2.05, 4.69) is 0 Å². The number of alkyl halides is 3. The fraction of sp³-hybridized carbons (Fsp3) is 0.0667. The van der Waals surface area contributed by atoms with Crippen LogP contribution in [0.5, 0.6) is 0 Å². The summed E-state index contributed by atoms with van der Waals surface area (Å²) in [5, 5.41) is 17.5. The molecule has 0 spiro atoms. The van der Waals surface area contributed by atoms with Gasteiger partial charge in [0.2, 0.25) is 5.76 Å². The number of carboxylic acid groups (broad SMARTS) is 1. The third-order valence-corrected chi connectivity index (χ3v) is 3.98. The first-order valence-electron chi connectivity index (χ1n) is 6.14. The molecule has 0 amide bonds.